The minimum atomic E-state index is -0.222. The number of hydrogen-bond donors (Lipinski definition) is 0. The van der Waals surface area contributed by atoms with Crippen LogP contribution in [0.25, 0.3) is 4.96 Å². The first kappa shape index (κ1) is 17.5. The topological polar surface area (TPSA) is 61.5 Å². The summed E-state index contributed by atoms with van der Waals surface area (Å²) in [5.41, 5.74) is 1.35. The number of nitrogens with zero attached hydrogens (tertiary/aromatic N) is 4. The summed E-state index contributed by atoms with van der Waals surface area (Å²) in [5, 5.41) is 14.1. The van der Waals surface area contributed by atoms with Gasteiger partial charge in [0, 0.05) is 0 Å². The predicted molar refractivity (Wildman–Crippen MR) is 110 cm³/mol. The maximum Gasteiger partial charge on any atom is 0.234 e. The number of aryl methyl sites for hydroxylation is 1. The van der Waals surface area contributed by atoms with Crippen LogP contribution in [0.2, 0.25) is 0 Å². The Morgan fingerprint density at radius 1 is 1.04 bits per heavy atom. The molecule has 0 aliphatic carbocycles. The van der Waals surface area contributed by atoms with Gasteiger partial charge in [0.25, 0.3) is 0 Å². The van der Waals surface area contributed by atoms with Crippen molar-refractivity contribution >= 4 is 28.1 Å². The lowest BCUT2D eigenvalue weighted by Gasteiger charge is -2.24. The monoisotopic (exact) mass is 410 g/mol. The van der Waals surface area contributed by atoms with Gasteiger partial charge in [-0.15, -0.1) is 10.2 Å². The highest BCUT2D eigenvalue weighted by Gasteiger charge is 2.26. The number of rotatable bonds is 6. The second-order valence-electron chi connectivity index (χ2n) is 6.40. The molecule has 8 heteroatoms. The van der Waals surface area contributed by atoms with Crippen LogP contribution in [0.4, 0.5) is 0 Å². The molecule has 0 radical (unpaired) electrons. The summed E-state index contributed by atoms with van der Waals surface area (Å²) in [6, 6.07) is 18.2. The Morgan fingerprint density at radius 3 is 2.75 bits per heavy atom. The van der Waals surface area contributed by atoms with Gasteiger partial charge in [-0.05, 0) is 29.9 Å². The zero-order valence-electron chi connectivity index (χ0n) is 15.0. The zero-order valence-corrected chi connectivity index (χ0v) is 16.7. The molecule has 1 aliphatic heterocycles. The lowest BCUT2D eigenvalue weighted by Crippen LogP contribution is -2.21. The largest absolute Gasteiger partial charge is 0.485 e. The van der Waals surface area contributed by atoms with Crippen molar-refractivity contribution in [2.45, 2.75) is 18.3 Å². The minimum Gasteiger partial charge on any atom is -0.485 e. The van der Waals surface area contributed by atoms with E-state index >= 15 is 0 Å². The smallest absolute Gasteiger partial charge is 0.234 e. The van der Waals surface area contributed by atoms with E-state index in [4.69, 9.17) is 14.6 Å². The Morgan fingerprint density at radius 2 is 1.86 bits per heavy atom. The molecule has 0 N–H and O–H groups in total. The summed E-state index contributed by atoms with van der Waals surface area (Å²) in [6.07, 6.45) is 0.822. The Hall–Kier alpha value is -2.58. The van der Waals surface area contributed by atoms with Gasteiger partial charge in [-0.25, -0.2) is 0 Å². The summed E-state index contributed by atoms with van der Waals surface area (Å²) in [4.78, 5) is 0.788. The Balaban J connectivity index is 1.24. The van der Waals surface area contributed by atoms with E-state index in [9.17, 15) is 0 Å². The maximum absolute atomic E-state index is 6.06. The quantitative estimate of drug-likeness (QED) is 0.445. The van der Waals surface area contributed by atoms with Gasteiger partial charge < -0.3 is 9.47 Å². The van der Waals surface area contributed by atoms with E-state index in [1.807, 2.05) is 46.6 Å². The van der Waals surface area contributed by atoms with Crippen LogP contribution in [-0.4, -0.2) is 32.2 Å². The van der Waals surface area contributed by atoms with Gasteiger partial charge >= 0.3 is 0 Å². The van der Waals surface area contributed by atoms with Crippen LogP contribution in [0.1, 0.15) is 22.5 Å². The van der Waals surface area contributed by atoms with Crippen LogP contribution in [-0.2, 0) is 12.2 Å². The maximum atomic E-state index is 6.06. The average molecular weight is 411 g/mol. The molecular weight excluding hydrogens is 392 g/mol. The van der Waals surface area contributed by atoms with Gasteiger partial charge in [-0.2, -0.15) is 21.4 Å². The highest BCUT2D eigenvalue weighted by atomic mass is 32.2. The fourth-order valence-corrected chi connectivity index (χ4v) is 4.79. The van der Waals surface area contributed by atoms with Gasteiger partial charge in [0.1, 0.15) is 6.61 Å². The van der Waals surface area contributed by atoms with Crippen molar-refractivity contribution in [1.82, 2.24) is 19.8 Å². The van der Waals surface area contributed by atoms with Crippen LogP contribution in [0.15, 0.2) is 54.6 Å². The molecule has 28 heavy (non-hydrogen) atoms. The van der Waals surface area contributed by atoms with Crippen molar-refractivity contribution in [3.63, 3.8) is 0 Å². The van der Waals surface area contributed by atoms with E-state index in [-0.39, 0.29) is 6.10 Å². The minimum absolute atomic E-state index is 0.222. The highest BCUT2D eigenvalue weighted by molar-refractivity contribution is 7.98. The highest BCUT2D eigenvalue weighted by Crippen LogP contribution is 2.36. The van der Waals surface area contributed by atoms with Crippen LogP contribution in [0, 0.1) is 0 Å². The molecule has 0 saturated carbocycles. The summed E-state index contributed by atoms with van der Waals surface area (Å²) in [6.45, 7) is 0.447. The van der Waals surface area contributed by atoms with Crippen molar-refractivity contribution in [2.24, 2.45) is 0 Å². The van der Waals surface area contributed by atoms with Crippen molar-refractivity contribution < 1.29 is 9.47 Å². The van der Waals surface area contributed by atoms with E-state index in [1.165, 1.54) is 16.9 Å². The zero-order chi connectivity index (χ0) is 18.8. The number of para-hydroxylation sites is 2. The van der Waals surface area contributed by atoms with E-state index in [1.54, 1.807) is 0 Å². The van der Waals surface area contributed by atoms with Crippen molar-refractivity contribution in [1.29, 1.82) is 0 Å². The molecule has 142 valence electrons. The third-order valence-corrected chi connectivity index (χ3v) is 6.41. The second kappa shape index (κ2) is 7.81. The van der Waals surface area contributed by atoms with Crippen molar-refractivity contribution in [2.75, 3.05) is 12.4 Å². The van der Waals surface area contributed by atoms with Gasteiger partial charge in [-0.1, -0.05) is 53.8 Å². The third-order valence-electron chi connectivity index (χ3n) is 4.46. The summed E-state index contributed by atoms with van der Waals surface area (Å²) < 4.78 is 13.7. The Bertz CT molecular complexity index is 1080. The van der Waals surface area contributed by atoms with E-state index in [0.29, 0.717) is 6.61 Å². The molecule has 1 aliphatic rings. The molecule has 0 amide bonds. The molecule has 1 unspecified atom stereocenters. The number of fused-ring (bicyclic) bond motifs is 2. The number of thioether (sulfide) groups is 1. The standard InChI is InChI=1S/C20H18N4O2S2/c1-2-6-14(7-3-1)10-11-27-13-18-21-22-20-24(18)23-19(28-20)17-12-25-15-8-4-5-9-16(15)26-17/h1-9,17H,10-13H2. The molecule has 6 nitrogen and oxygen atoms in total. The van der Waals surface area contributed by atoms with Crippen molar-refractivity contribution in [3.05, 3.63) is 71.0 Å². The Kier molecular flexibility index (Phi) is 4.88. The molecule has 5 rings (SSSR count). The molecule has 0 spiro atoms. The molecule has 0 fully saturated rings. The number of aromatic nitrogens is 4. The SMILES string of the molecule is c1ccc(CCSCc2nnc3sc(C4COc5ccccc5O4)nn23)cc1. The third kappa shape index (κ3) is 3.57. The van der Waals surface area contributed by atoms with Crippen LogP contribution < -0.4 is 9.47 Å². The first-order chi connectivity index (χ1) is 13.9. The van der Waals surface area contributed by atoms with E-state index < -0.39 is 0 Å². The first-order valence-electron chi connectivity index (χ1n) is 9.08. The molecule has 0 bridgehead atoms. The molecule has 2 aromatic carbocycles. The number of hydrogen-bond acceptors (Lipinski definition) is 7. The van der Waals surface area contributed by atoms with Gasteiger partial charge in [0.15, 0.2) is 28.4 Å². The summed E-state index contributed by atoms with van der Waals surface area (Å²) in [5.74, 6) is 4.21. The molecule has 3 heterocycles. The fourth-order valence-electron chi connectivity index (χ4n) is 3.03. The van der Waals surface area contributed by atoms with Crippen molar-refractivity contribution in [3.8, 4) is 11.5 Å². The normalized spacial score (nSPS) is 15.8. The van der Waals surface area contributed by atoms with Crippen LogP contribution in [0.3, 0.4) is 0 Å². The number of ether oxygens (including phenoxy) is 2. The van der Waals surface area contributed by atoms with Crippen LogP contribution >= 0.6 is 23.1 Å². The first-order valence-corrected chi connectivity index (χ1v) is 11.0. The lowest BCUT2D eigenvalue weighted by molar-refractivity contribution is 0.0904. The second-order valence-corrected chi connectivity index (χ2v) is 8.50. The predicted octanol–water partition coefficient (Wildman–Crippen LogP) is 4.17. The fraction of sp³-hybridized carbons (Fsp3) is 0.250. The van der Waals surface area contributed by atoms with Crippen LogP contribution in [0.5, 0.6) is 11.5 Å². The van der Waals surface area contributed by atoms with Gasteiger partial charge in [0.05, 0.1) is 5.75 Å². The van der Waals surface area contributed by atoms with Gasteiger partial charge in [-0.3, -0.25) is 0 Å². The average Bonchev–Trinajstić information content (AvgIpc) is 3.33. The molecular formula is C20H18N4O2S2. The molecule has 2 aromatic heterocycles. The molecule has 1 atom stereocenters. The lowest BCUT2D eigenvalue weighted by atomic mass is 10.2. The molecule has 4 aromatic rings. The Labute approximate surface area is 170 Å². The van der Waals surface area contributed by atoms with E-state index in [2.05, 4.69) is 34.5 Å². The summed E-state index contributed by atoms with van der Waals surface area (Å²) >= 11 is 3.34. The van der Waals surface area contributed by atoms with E-state index in [0.717, 1.165) is 45.2 Å². The number of benzene rings is 2. The molecule has 0 saturated heterocycles. The van der Waals surface area contributed by atoms with Gasteiger partial charge in [0.2, 0.25) is 4.96 Å². The summed E-state index contributed by atoms with van der Waals surface area (Å²) in [7, 11) is 0.